The van der Waals surface area contributed by atoms with E-state index in [0.29, 0.717) is 17.3 Å². The van der Waals surface area contributed by atoms with Crippen LogP contribution in [0.1, 0.15) is 29.8 Å². The number of nitrogens with zero attached hydrogens (tertiary/aromatic N) is 4. The highest BCUT2D eigenvalue weighted by atomic mass is 16.5. The van der Waals surface area contributed by atoms with Gasteiger partial charge in [-0.15, -0.1) is 0 Å². The van der Waals surface area contributed by atoms with Gasteiger partial charge in [0.15, 0.2) is 0 Å². The van der Waals surface area contributed by atoms with Crippen LogP contribution in [0.3, 0.4) is 0 Å². The van der Waals surface area contributed by atoms with Gasteiger partial charge in [-0.25, -0.2) is 9.78 Å². The molecule has 8 heteroatoms. The van der Waals surface area contributed by atoms with Crippen LogP contribution in [0.15, 0.2) is 54.7 Å². The summed E-state index contributed by atoms with van der Waals surface area (Å²) in [4.78, 5) is 25.8. The van der Waals surface area contributed by atoms with Crippen LogP contribution in [0, 0.1) is 6.92 Å². The van der Waals surface area contributed by atoms with Crippen molar-refractivity contribution in [1.82, 2.24) is 9.97 Å². The largest absolute Gasteiger partial charge is 0.497 e. The summed E-state index contributed by atoms with van der Waals surface area (Å²) in [6.07, 6.45) is 1.76. The van der Waals surface area contributed by atoms with Crippen LogP contribution in [-0.4, -0.2) is 55.3 Å². The smallest absolute Gasteiger partial charge is 0.337 e. The van der Waals surface area contributed by atoms with Crippen molar-refractivity contribution in [3.05, 3.63) is 65.9 Å². The fourth-order valence-corrected chi connectivity index (χ4v) is 4.28. The van der Waals surface area contributed by atoms with E-state index in [4.69, 9.17) is 14.5 Å². The Labute approximate surface area is 200 Å². The summed E-state index contributed by atoms with van der Waals surface area (Å²) in [5.41, 5.74) is 3.34. The second-order valence-electron chi connectivity index (χ2n) is 8.97. The van der Waals surface area contributed by atoms with Crippen molar-refractivity contribution in [2.75, 3.05) is 49.0 Å². The van der Waals surface area contributed by atoms with Crippen LogP contribution in [0.25, 0.3) is 0 Å². The zero-order chi connectivity index (χ0) is 24.3. The van der Waals surface area contributed by atoms with Gasteiger partial charge in [0.2, 0.25) is 5.95 Å². The Balaban J connectivity index is 1.51. The highest BCUT2D eigenvalue weighted by molar-refractivity contribution is 5.91. The molecule has 0 spiro atoms. The molecule has 2 aromatic carbocycles. The highest BCUT2D eigenvalue weighted by Gasteiger charge is 2.35. The molecule has 1 N–H and O–H groups in total. The van der Waals surface area contributed by atoms with Gasteiger partial charge in [-0.05, 0) is 68.8 Å². The minimum absolute atomic E-state index is 0.120. The predicted molar refractivity (Wildman–Crippen MR) is 134 cm³/mol. The van der Waals surface area contributed by atoms with E-state index in [9.17, 15) is 4.79 Å². The fourth-order valence-electron chi connectivity index (χ4n) is 4.28. The standard InChI is InChI=1S/C26H31N5O3/c1-18-6-7-19(24(32)34-5)16-22(18)28-23-12-13-27-25(29-23)30-14-15-31(26(2,3)17-30)20-8-10-21(33-4)11-9-20/h6-13,16H,14-15,17H2,1-5H3,(H,27,28,29). The zero-order valence-electron chi connectivity index (χ0n) is 20.3. The Morgan fingerprint density at radius 1 is 1.06 bits per heavy atom. The third kappa shape index (κ3) is 4.90. The lowest BCUT2D eigenvalue weighted by atomic mass is 9.98. The number of aryl methyl sites for hydroxylation is 1. The Morgan fingerprint density at radius 2 is 1.82 bits per heavy atom. The molecule has 0 aliphatic carbocycles. The summed E-state index contributed by atoms with van der Waals surface area (Å²) in [5, 5.41) is 3.33. The van der Waals surface area contributed by atoms with Crippen molar-refractivity contribution >= 4 is 29.1 Å². The van der Waals surface area contributed by atoms with Crippen molar-refractivity contribution in [3.63, 3.8) is 0 Å². The van der Waals surface area contributed by atoms with Gasteiger partial charge >= 0.3 is 5.97 Å². The van der Waals surface area contributed by atoms with E-state index < -0.39 is 0 Å². The Hall–Kier alpha value is -3.81. The summed E-state index contributed by atoms with van der Waals surface area (Å²) in [6.45, 7) is 8.86. The first-order valence-corrected chi connectivity index (χ1v) is 11.3. The first kappa shape index (κ1) is 23.4. The summed E-state index contributed by atoms with van der Waals surface area (Å²) in [7, 11) is 3.06. The van der Waals surface area contributed by atoms with Crippen LogP contribution in [0.5, 0.6) is 5.75 Å². The second kappa shape index (κ2) is 9.59. The molecule has 1 aromatic heterocycles. The van der Waals surface area contributed by atoms with Crippen LogP contribution in [-0.2, 0) is 4.74 Å². The molecule has 2 heterocycles. The summed E-state index contributed by atoms with van der Waals surface area (Å²) < 4.78 is 10.1. The lowest BCUT2D eigenvalue weighted by Crippen LogP contribution is -2.60. The van der Waals surface area contributed by atoms with Crippen molar-refractivity contribution in [3.8, 4) is 5.75 Å². The quantitative estimate of drug-likeness (QED) is 0.540. The number of carbonyl (C=O) groups is 1. The number of methoxy groups -OCH3 is 2. The molecular formula is C26H31N5O3. The number of piperazine rings is 1. The molecule has 8 nitrogen and oxygen atoms in total. The number of aromatic nitrogens is 2. The van der Waals surface area contributed by atoms with Gasteiger partial charge in [-0.3, -0.25) is 0 Å². The van der Waals surface area contributed by atoms with Gasteiger partial charge in [-0.1, -0.05) is 6.07 Å². The van der Waals surface area contributed by atoms with E-state index in [1.54, 1.807) is 25.4 Å². The first-order valence-electron chi connectivity index (χ1n) is 11.3. The predicted octanol–water partition coefficient (Wildman–Crippen LogP) is 4.43. The minimum Gasteiger partial charge on any atom is -0.497 e. The molecule has 0 amide bonds. The molecule has 3 aromatic rings. The van der Waals surface area contributed by atoms with E-state index >= 15 is 0 Å². The topological polar surface area (TPSA) is 79.8 Å². The monoisotopic (exact) mass is 461 g/mol. The summed E-state index contributed by atoms with van der Waals surface area (Å²) in [5.74, 6) is 1.83. The number of anilines is 4. The number of ether oxygens (including phenoxy) is 2. The minimum atomic E-state index is -0.372. The number of hydrogen-bond acceptors (Lipinski definition) is 8. The molecular weight excluding hydrogens is 430 g/mol. The summed E-state index contributed by atoms with van der Waals surface area (Å²) in [6, 6.07) is 15.4. The van der Waals surface area contributed by atoms with Crippen LogP contribution in [0.4, 0.5) is 23.1 Å². The maximum Gasteiger partial charge on any atom is 0.337 e. The lowest BCUT2D eigenvalue weighted by molar-refractivity contribution is 0.0601. The Kier molecular flexibility index (Phi) is 6.58. The highest BCUT2D eigenvalue weighted by Crippen LogP contribution is 2.31. The van der Waals surface area contributed by atoms with Crippen molar-refractivity contribution in [2.24, 2.45) is 0 Å². The number of nitrogens with one attached hydrogen (secondary N) is 1. The van der Waals surface area contributed by atoms with E-state index in [-0.39, 0.29) is 11.5 Å². The molecule has 1 fully saturated rings. The van der Waals surface area contributed by atoms with Crippen molar-refractivity contribution in [1.29, 1.82) is 0 Å². The van der Waals surface area contributed by atoms with Gasteiger partial charge in [-0.2, -0.15) is 4.98 Å². The molecule has 178 valence electrons. The van der Waals surface area contributed by atoms with E-state index in [1.165, 1.54) is 12.8 Å². The maximum atomic E-state index is 11.9. The van der Waals surface area contributed by atoms with Gasteiger partial charge in [0.05, 0.1) is 25.3 Å². The third-order valence-corrected chi connectivity index (χ3v) is 6.13. The molecule has 1 aliphatic heterocycles. The molecule has 0 saturated carbocycles. The molecule has 0 radical (unpaired) electrons. The Bertz CT molecular complexity index is 1160. The van der Waals surface area contributed by atoms with E-state index in [2.05, 4.69) is 46.1 Å². The molecule has 4 rings (SSSR count). The van der Waals surface area contributed by atoms with Crippen LogP contribution >= 0.6 is 0 Å². The molecule has 34 heavy (non-hydrogen) atoms. The van der Waals surface area contributed by atoms with Crippen molar-refractivity contribution < 1.29 is 14.3 Å². The van der Waals surface area contributed by atoms with Crippen molar-refractivity contribution in [2.45, 2.75) is 26.3 Å². The normalized spacial score (nSPS) is 15.1. The fraction of sp³-hybridized carbons (Fsp3) is 0.346. The molecule has 0 atom stereocenters. The van der Waals surface area contributed by atoms with Crippen LogP contribution in [0.2, 0.25) is 0 Å². The molecule has 0 bridgehead atoms. The van der Waals surface area contributed by atoms with E-state index in [1.807, 2.05) is 31.2 Å². The van der Waals surface area contributed by atoms with Gasteiger partial charge in [0, 0.05) is 37.2 Å². The third-order valence-electron chi connectivity index (χ3n) is 6.13. The SMILES string of the molecule is COC(=O)c1ccc(C)c(Nc2ccnc(N3CCN(c4ccc(OC)cc4)C(C)(C)C3)n2)c1. The first-order chi connectivity index (χ1) is 16.3. The number of rotatable bonds is 6. The van der Waals surface area contributed by atoms with Gasteiger partial charge in [0.1, 0.15) is 11.6 Å². The maximum absolute atomic E-state index is 11.9. The van der Waals surface area contributed by atoms with Crippen LogP contribution < -0.4 is 19.9 Å². The second-order valence-corrected chi connectivity index (χ2v) is 8.97. The number of hydrogen-bond donors (Lipinski definition) is 1. The van der Waals surface area contributed by atoms with Gasteiger partial charge in [0.25, 0.3) is 0 Å². The molecule has 1 aliphatic rings. The average molecular weight is 462 g/mol. The summed E-state index contributed by atoms with van der Waals surface area (Å²) >= 11 is 0. The molecule has 1 saturated heterocycles. The zero-order valence-corrected chi connectivity index (χ0v) is 20.3. The van der Waals surface area contributed by atoms with E-state index in [0.717, 1.165) is 36.6 Å². The Morgan fingerprint density at radius 3 is 2.50 bits per heavy atom. The number of esters is 1. The number of carbonyl (C=O) groups excluding carboxylic acids is 1. The molecule has 0 unspecified atom stereocenters. The average Bonchev–Trinajstić information content (AvgIpc) is 2.84. The lowest BCUT2D eigenvalue weighted by Gasteiger charge is -2.48. The van der Waals surface area contributed by atoms with Gasteiger partial charge < -0.3 is 24.6 Å². The number of benzene rings is 2.